The van der Waals surface area contributed by atoms with Crippen LogP contribution < -0.4 is 27.0 Å². The number of amides is 10. The predicted octanol–water partition coefficient (Wildman–Crippen LogP) is 4.67. The number of Topliss-reactive ketones (excluding diaryl/α,β-unsaturated/α-hetero) is 2. The third-order valence-electron chi connectivity index (χ3n) is 17.8. The number of rotatable bonds is 40. The molecular weight excluding hydrogens is 1150 g/mol. The number of primary amides is 1. The number of benzene rings is 1. The van der Waals surface area contributed by atoms with Crippen molar-refractivity contribution in [3.05, 3.63) is 35.9 Å². The minimum absolute atomic E-state index is 0.0911. The largest absolute Gasteiger partial charge is 0.481 e. The molecule has 0 radical (unpaired) electrons. The van der Waals surface area contributed by atoms with Gasteiger partial charge in [0.1, 0.15) is 17.9 Å². The molecule has 0 aromatic heterocycles. The Morgan fingerprint density at radius 1 is 0.753 bits per heavy atom. The lowest BCUT2D eigenvalue weighted by Gasteiger charge is -2.41. The lowest BCUT2D eigenvalue weighted by Crippen LogP contribution is -2.60. The molecule has 1 aromatic carbocycles. The summed E-state index contributed by atoms with van der Waals surface area (Å²) in [4.78, 5) is 166. The Morgan fingerprint density at radius 2 is 1.39 bits per heavy atom. The van der Waals surface area contributed by atoms with Gasteiger partial charge in [0.15, 0.2) is 5.78 Å². The first-order chi connectivity index (χ1) is 41.9. The second-order valence-electron chi connectivity index (χ2n) is 25.5. The summed E-state index contributed by atoms with van der Waals surface area (Å²) in [6.07, 6.45) is 1.94. The summed E-state index contributed by atoms with van der Waals surface area (Å²) in [5, 5.41) is 20.9. The number of unbranched alkanes of at least 4 members (excludes halogenated alkanes) is 2. The normalized spacial score (nSPS) is 18.5. The lowest BCUT2D eigenvalue weighted by molar-refractivity contribution is -0.149. The smallest absolute Gasteiger partial charge is 0.312 e. The van der Waals surface area contributed by atoms with Crippen LogP contribution in [0.15, 0.2) is 30.3 Å². The van der Waals surface area contributed by atoms with E-state index in [-0.39, 0.29) is 112 Å². The van der Waals surface area contributed by atoms with Crippen molar-refractivity contribution in [2.75, 3.05) is 54.5 Å². The van der Waals surface area contributed by atoms with E-state index in [1.807, 2.05) is 44.2 Å². The van der Waals surface area contributed by atoms with Crippen molar-refractivity contribution in [3.8, 4) is 0 Å². The van der Waals surface area contributed by atoms with Crippen molar-refractivity contribution in [2.24, 2.45) is 53.1 Å². The predicted molar refractivity (Wildman–Crippen MR) is 334 cm³/mol. The molecule has 89 heavy (non-hydrogen) atoms. The number of likely N-dealkylation sites (tertiary alicyclic amines) is 2. The average Bonchev–Trinajstić information content (AvgIpc) is 2.03. The van der Waals surface area contributed by atoms with Gasteiger partial charge in [-0.3, -0.25) is 57.6 Å². The molecule has 2 unspecified atom stereocenters. The maximum atomic E-state index is 14.8. The number of nitrogens with one attached hydrogen (secondary N) is 4. The molecule has 0 saturated carbocycles. The van der Waals surface area contributed by atoms with E-state index in [9.17, 15) is 62.6 Å². The number of carboxylic acid groups (broad SMARTS) is 1. The number of likely N-dealkylation sites (N-methyl/N-ethyl adjacent to an activating group) is 2. The van der Waals surface area contributed by atoms with Crippen molar-refractivity contribution in [1.82, 2.24) is 40.9 Å². The number of ketones is 2. The summed E-state index contributed by atoms with van der Waals surface area (Å²) >= 11 is 0. The molecule has 2 heterocycles. The van der Waals surface area contributed by atoms with E-state index in [1.165, 1.54) is 36.0 Å². The maximum absolute atomic E-state index is 14.8. The first-order valence-corrected chi connectivity index (χ1v) is 31.9. The minimum atomic E-state index is -1.13. The topological polar surface area (TPSA) is 331 Å². The molecule has 0 spiro atoms. The number of carbonyl (C=O) groups is 12. The molecule has 24 nitrogen and oxygen atoms in total. The molecular formula is C65H105N9O15. The number of imide groups is 1. The molecule has 2 fully saturated rings. The maximum Gasteiger partial charge on any atom is 0.312 e. The number of nitrogens with zero attached hydrogens (tertiary/aromatic N) is 4. The molecule has 10 amide bonds. The number of urea groups is 1. The molecule has 2 saturated heterocycles. The van der Waals surface area contributed by atoms with Crippen LogP contribution >= 0.6 is 0 Å². The fraction of sp³-hybridized carbons (Fsp3) is 0.723. The molecule has 24 heteroatoms. The highest BCUT2D eigenvalue weighted by Crippen LogP contribution is 2.31. The third kappa shape index (κ3) is 22.9. The standard InChI is InChI=1S/C65H105N9O15/c1-15-41(8)58(50(88-13)36-53(79)73-31-23-27-47(73)59(89-14)43(10)48(75)35-46(64(85)86)33-44-24-18-16-19-25-44)72(12)63(84)56(39(4)5)70-61(82)57(40(6)7)71(11)54(80)37-68-60(81)45(26-22-29-67-65(66)87)34-49(76)55(38(2)3)69-51(77)28-20-17-21-30-74-52(78)32-42(9)62(74)83/h16,18-19,24-25,38-43,45-47,50,55-59H,15,17,20-23,26-37H2,1-14H3,(H,68,81)(H,69,77)(H,70,82)(H,85,86)(H3,66,67,87)/t41-,42?,43-,45+,46+,47-,50+,55-,56-,57-,58?,59+/m0/s1. The summed E-state index contributed by atoms with van der Waals surface area (Å²) in [6.45, 7) is 18.1. The van der Waals surface area contributed by atoms with Gasteiger partial charge in [-0.1, -0.05) is 112 Å². The quantitative estimate of drug-likeness (QED) is 0.0384. The molecule has 7 N–H and O–H groups in total. The number of methoxy groups -OCH3 is 2. The zero-order chi connectivity index (χ0) is 67.0. The zero-order valence-corrected chi connectivity index (χ0v) is 55.3. The van der Waals surface area contributed by atoms with E-state index >= 15 is 0 Å². The Balaban J connectivity index is 1.72. The highest BCUT2D eigenvalue weighted by Gasteiger charge is 2.44. The van der Waals surface area contributed by atoms with E-state index in [0.717, 1.165) is 5.56 Å². The fourth-order valence-corrected chi connectivity index (χ4v) is 12.3. The van der Waals surface area contributed by atoms with Crippen LogP contribution in [0, 0.1) is 47.3 Å². The van der Waals surface area contributed by atoms with E-state index in [2.05, 4.69) is 21.3 Å². The van der Waals surface area contributed by atoms with Crippen LogP contribution in [-0.2, 0) is 68.6 Å². The number of hydrogen-bond donors (Lipinski definition) is 6. The molecule has 0 bridgehead atoms. The molecule has 3 rings (SSSR count). The molecule has 2 aliphatic heterocycles. The Morgan fingerprint density at radius 3 is 1.94 bits per heavy atom. The summed E-state index contributed by atoms with van der Waals surface area (Å²) < 4.78 is 12.0. The molecule has 1 aromatic rings. The van der Waals surface area contributed by atoms with Gasteiger partial charge in [0, 0.05) is 91.4 Å². The Labute approximate surface area is 526 Å². The van der Waals surface area contributed by atoms with Gasteiger partial charge >= 0.3 is 12.0 Å². The number of aliphatic carboxylic acids is 1. The van der Waals surface area contributed by atoms with Crippen LogP contribution in [0.25, 0.3) is 0 Å². The van der Waals surface area contributed by atoms with Gasteiger partial charge in [-0.2, -0.15) is 0 Å². The van der Waals surface area contributed by atoms with E-state index < -0.39 is 120 Å². The Bertz CT molecular complexity index is 2570. The highest BCUT2D eigenvalue weighted by atomic mass is 16.5. The van der Waals surface area contributed by atoms with Gasteiger partial charge in [0.25, 0.3) is 0 Å². The van der Waals surface area contributed by atoms with Crippen molar-refractivity contribution < 1.29 is 72.1 Å². The van der Waals surface area contributed by atoms with Crippen molar-refractivity contribution >= 4 is 70.8 Å². The monoisotopic (exact) mass is 1250 g/mol. The van der Waals surface area contributed by atoms with Crippen molar-refractivity contribution in [3.63, 3.8) is 0 Å². The summed E-state index contributed by atoms with van der Waals surface area (Å²) in [5.74, 6) is -9.76. The SMILES string of the molecule is CC[C@H](C)C([C@@H](CC(=O)N1CCC[C@H]1[C@H](OC)[C@@H](C)C(=O)C[C@@H](Cc1ccccc1)C(=O)O)OC)N(C)C(=O)[C@@H](NC(=O)[C@H](C(C)C)N(C)C(=O)CNC(=O)[C@H](CCCNC(N)=O)CC(=O)[C@@H](NC(=O)CCCCCN1C(=O)CC(C)C1=O)C(C)C)C(C)C. The first-order valence-electron chi connectivity index (χ1n) is 31.9. The first kappa shape index (κ1) is 76.4. The number of carbonyl (C=O) groups excluding carboxylic acids is 11. The summed E-state index contributed by atoms with van der Waals surface area (Å²) in [7, 11) is 5.97. The van der Waals surface area contributed by atoms with Gasteiger partial charge in [-0.05, 0) is 74.2 Å². The van der Waals surface area contributed by atoms with Crippen LogP contribution in [0.5, 0.6) is 0 Å². The van der Waals surface area contributed by atoms with Crippen LogP contribution in [0.4, 0.5) is 4.79 Å². The van der Waals surface area contributed by atoms with Crippen LogP contribution in [-0.4, -0.2) is 192 Å². The number of nitrogens with two attached hydrogens (primary N) is 1. The third-order valence-corrected chi connectivity index (χ3v) is 17.8. The number of ether oxygens (including phenoxy) is 2. The Hall–Kier alpha value is -6.82. The van der Waals surface area contributed by atoms with E-state index in [4.69, 9.17) is 15.2 Å². The highest BCUT2D eigenvalue weighted by molar-refractivity contribution is 6.03. The van der Waals surface area contributed by atoms with Gasteiger partial charge in [-0.25, -0.2) is 4.79 Å². The second kappa shape index (κ2) is 37.4. The summed E-state index contributed by atoms with van der Waals surface area (Å²) in [6, 6.07) is 3.99. The van der Waals surface area contributed by atoms with Crippen LogP contribution in [0.1, 0.15) is 158 Å². The van der Waals surface area contributed by atoms with Crippen LogP contribution in [0.2, 0.25) is 0 Å². The molecule has 0 aliphatic carbocycles. The zero-order valence-electron chi connectivity index (χ0n) is 55.3. The molecule has 2 aliphatic rings. The molecule has 500 valence electrons. The van der Waals surface area contributed by atoms with E-state index in [0.29, 0.717) is 45.1 Å². The lowest BCUT2D eigenvalue weighted by atomic mass is 9.85. The Kier molecular flexibility index (Phi) is 32.1. The van der Waals surface area contributed by atoms with Crippen molar-refractivity contribution in [2.45, 2.75) is 202 Å². The van der Waals surface area contributed by atoms with E-state index in [1.54, 1.807) is 67.3 Å². The fourth-order valence-electron chi connectivity index (χ4n) is 12.3. The molecule has 12 atom stereocenters. The number of hydrogen-bond acceptors (Lipinski definition) is 14. The van der Waals surface area contributed by atoms with Crippen molar-refractivity contribution in [1.29, 1.82) is 0 Å². The van der Waals surface area contributed by atoms with Gasteiger partial charge in [0.2, 0.25) is 47.3 Å². The van der Waals surface area contributed by atoms with Gasteiger partial charge in [-0.15, -0.1) is 0 Å². The van der Waals surface area contributed by atoms with Gasteiger partial charge < -0.3 is 56.3 Å². The summed E-state index contributed by atoms with van der Waals surface area (Å²) in [5.41, 5.74) is 6.06. The number of carboxylic acids is 1. The minimum Gasteiger partial charge on any atom is -0.481 e. The average molecular weight is 1250 g/mol. The second-order valence-corrected chi connectivity index (χ2v) is 25.5. The van der Waals surface area contributed by atoms with Gasteiger partial charge in [0.05, 0.1) is 49.2 Å². The van der Waals surface area contributed by atoms with Crippen LogP contribution in [0.3, 0.4) is 0 Å².